The highest BCUT2D eigenvalue weighted by atomic mass is 127. The standard InChI is InChI=1S/C11H19I/c12-11-7-5-10(6-8-11)9-3-1-2-4-9/h9-11H,1-8H2. The molecule has 12 heavy (non-hydrogen) atoms. The van der Waals surface area contributed by atoms with Crippen molar-refractivity contribution in [3.8, 4) is 0 Å². The molecule has 0 aromatic heterocycles. The molecule has 0 nitrogen and oxygen atoms in total. The molecule has 2 saturated carbocycles. The average molecular weight is 278 g/mol. The van der Waals surface area contributed by atoms with E-state index in [9.17, 15) is 0 Å². The molecule has 0 bridgehead atoms. The molecule has 2 aliphatic rings. The van der Waals surface area contributed by atoms with Crippen LogP contribution in [0.15, 0.2) is 0 Å². The van der Waals surface area contributed by atoms with Crippen LogP contribution in [0.3, 0.4) is 0 Å². The van der Waals surface area contributed by atoms with Crippen LogP contribution in [0.5, 0.6) is 0 Å². The predicted molar refractivity (Wildman–Crippen MR) is 61.7 cm³/mol. The van der Waals surface area contributed by atoms with E-state index >= 15 is 0 Å². The van der Waals surface area contributed by atoms with Gasteiger partial charge in [-0.05, 0) is 37.5 Å². The predicted octanol–water partition coefficient (Wildman–Crippen LogP) is 4.17. The van der Waals surface area contributed by atoms with Gasteiger partial charge >= 0.3 is 0 Å². The van der Waals surface area contributed by atoms with Gasteiger partial charge in [0.1, 0.15) is 0 Å². The lowest BCUT2D eigenvalue weighted by Crippen LogP contribution is -2.19. The molecule has 0 amide bonds. The Bertz CT molecular complexity index is 130. The second kappa shape index (κ2) is 4.30. The monoisotopic (exact) mass is 278 g/mol. The van der Waals surface area contributed by atoms with Gasteiger partial charge in [0.25, 0.3) is 0 Å². The van der Waals surface area contributed by atoms with Crippen molar-refractivity contribution in [3.05, 3.63) is 0 Å². The quantitative estimate of drug-likeness (QED) is 0.499. The van der Waals surface area contributed by atoms with Crippen molar-refractivity contribution in [1.82, 2.24) is 0 Å². The van der Waals surface area contributed by atoms with Gasteiger partial charge in [-0.1, -0.05) is 48.3 Å². The van der Waals surface area contributed by atoms with Crippen molar-refractivity contribution >= 4 is 22.6 Å². The zero-order valence-corrected chi connectivity index (χ0v) is 9.92. The Morgan fingerprint density at radius 2 is 1.17 bits per heavy atom. The summed E-state index contributed by atoms with van der Waals surface area (Å²) >= 11 is 2.63. The molecule has 0 aliphatic heterocycles. The van der Waals surface area contributed by atoms with Gasteiger partial charge in [0.2, 0.25) is 0 Å². The van der Waals surface area contributed by atoms with Gasteiger partial charge in [0.05, 0.1) is 0 Å². The van der Waals surface area contributed by atoms with Gasteiger partial charge in [-0.25, -0.2) is 0 Å². The third-order valence-corrected chi connectivity index (χ3v) is 5.01. The molecule has 0 aromatic rings. The summed E-state index contributed by atoms with van der Waals surface area (Å²) in [5.41, 5.74) is 0. The van der Waals surface area contributed by atoms with E-state index in [4.69, 9.17) is 0 Å². The first-order valence-electron chi connectivity index (χ1n) is 5.50. The first-order valence-corrected chi connectivity index (χ1v) is 6.75. The summed E-state index contributed by atoms with van der Waals surface area (Å²) in [5.74, 6) is 2.26. The number of rotatable bonds is 1. The lowest BCUT2D eigenvalue weighted by atomic mass is 9.79. The van der Waals surface area contributed by atoms with Gasteiger partial charge in [-0.3, -0.25) is 0 Å². The fraction of sp³-hybridized carbons (Fsp3) is 1.00. The van der Waals surface area contributed by atoms with Gasteiger partial charge in [0.15, 0.2) is 0 Å². The fourth-order valence-electron chi connectivity index (χ4n) is 2.98. The molecule has 70 valence electrons. The van der Waals surface area contributed by atoms with Gasteiger partial charge in [-0.2, -0.15) is 0 Å². The van der Waals surface area contributed by atoms with Crippen molar-refractivity contribution in [2.45, 2.75) is 55.3 Å². The molecule has 0 radical (unpaired) electrons. The molecule has 2 fully saturated rings. The zero-order chi connectivity index (χ0) is 8.39. The summed E-state index contributed by atoms with van der Waals surface area (Å²) in [6.07, 6.45) is 12.2. The number of hydrogen-bond donors (Lipinski definition) is 0. The molecule has 0 unspecified atom stereocenters. The first-order chi connectivity index (χ1) is 5.86. The molecule has 2 aliphatic carbocycles. The van der Waals surface area contributed by atoms with Crippen molar-refractivity contribution in [2.24, 2.45) is 11.8 Å². The van der Waals surface area contributed by atoms with Crippen LogP contribution in [0, 0.1) is 11.8 Å². The van der Waals surface area contributed by atoms with E-state index < -0.39 is 0 Å². The topological polar surface area (TPSA) is 0 Å². The van der Waals surface area contributed by atoms with E-state index in [1.165, 1.54) is 38.5 Å². The lowest BCUT2D eigenvalue weighted by molar-refractivity contribution is 0.259. The Morgan fingerprint density at radius 3 is 1.75 bits per heavy atom. The maximum atomic E-state index is 2.63. The Hall–Kier alpha value is 0.730. The molecule has 0 spiro atoms. The van der Waals surface area contributed by atoms with Gasteiger partial charge in [-0.15, -0.1) is 0 Å². The van der Waals surface area contributed by atoms with Crippen LogP contribution < -0.4 is 0 Å². The molecule has 1 heteroatoms. The lowest BCUT2D eigenvalue weighted by Gasteiger charge is -2.29. The third kappa shape index (κ3) is 2.15. The molecule has 0 heterocycles. The molecular formula is C11H19I. The molecule has 2 rings (SSSR count). The van der Waals surface area contributed by atoms with Crippen LogP contribution in [0.2, 0.25) is 0 Å². The zero-order valence-electron chi connectivity index (χ0n) is 7.77. The molecular weight excluding hydrogens is 259 g/mol. The van der Waals surface area contributed by atoms with Crippen molar-refractivity contribution in [2.75, 3.05) is 0 Å². The number of hydrogen-bond acceptors (Lipinski definition) is 0. The summed E-state index contributed by atoms with van der Waals surface area (Å²) in [5, 5.41) is 0. The number of alkyl halides is 1. The molecule has 0 N–H and O–H groups in total. The largest absolute Gasteiger partial charge is 0.0826 e. The van der Waals surface area contributed by atoms with Crippen LogP contribution in [0.25, 0.3) is 0 Å². The van der Waals surface area contributed by atoms with Gasteiger partial charge in [0, 0.05) is 3.92 Å². The Labute approximate surface area is 89.6 Å². The maximum Gasteiger partial charge on any atom is 0.0110 e. The first kappa shape index (κ1) is 9.29. The minimum absolute atomic E-state index is 1.00. The second-order valence-electron chi connectivity index (χ2n) is 4.56. The molecule has 0 atom stereocenters. The Kier molecular flexibility index (Phi) is 3.33. The van der Waals surface area contributed by atoms with E-state index in [-0.39, 0.29) is 0 Å². The third-order valence-electron chi connectivity index (χ3n) is 3.77. The van der Waals surface area contributed by atoms with Gasteiger partial charge < -0.3 is 0 Å². The molecule has 0 saturated heterocycles. The Balaban J connectivity index is 1.80. The van der Waals surface area contributed by atoms with Crippen molar-refractivity contribution in [1.29, 1.82) is 0 Å². The summed E-state index contributed by atoms with van der Waals surface area (Å²) in [7, 11) is 0. The van der Waals surface area contributed by atoms with E-state index in [1.807, 2.05) is 0 Å². The van der Waals surface area contributed by atoms with Crippen molar-refractivity contribution < 1.29 is 0 Å². The summed E-state index contributed by atoms with van der Waals surface area (Å²) < 4.78 is 1.00. The van der Waals surface area contributed by atoms with Crippen LogP contribution in [-0.2, 0) is 0 Å². The SMILES string of the molecule is IC1CCC(C2CCCC2)CC1. The Morgan fingerprint density at radius 1 is 0.667 bits per heavy atom. The fourth-order valence-corrected chi connectivity index (χ4v) is 3.70. The summed E-state index contributed by atoms with van der Waals surface area (Å²) in [6.45, 7) is 0. The smallest absolute Gasteiger partial charge is 0.0110 e. The van der Waals surface area contributed by atoms with E-state index in [1.54, 1.807) is 12.8 Å². The van der Waals surface area contributed by atoms with Crippen LogP contribution in [-0.4, -0.2) is 3.92 Å². The summed E-state index contributed by atoms with van der Waals surface area (Å²) in [4.78, 5) is 0. The maximum absolute atomic E-state index is 2.63. The summed E-state index contributed by atoms with van der Waals surface area (Å²) in [6, 6.07) is 0. The van der Waals surface area contributed by atoms with Crippen LogP contribution >= 0.6 is 22.6 Å². The van der Waals surface area contributed by atoms with Crippen LogP contribution in [0.1, 0.15) is 51.4 Å². The highest BCUT2D eigenvalue weighted by Gasteiger charge is 2.28. The minimum Gasteiger partial charge on any atom is -0.0826 e. The van der Waals surface area contributed by atoms with E-state index in [0.717, 1.165) is 15.8 Å². The minimum atomic E-state index is 1.00. The van der Waals surface area contributed by atoms with E-state index in [0.29, 0.717) is 0 Å². The normalized spacial score (nSPS) is 38.8. The second-order valence-corrected chi connectivity index (χ2v) is 6.32. The van der Waals surface area contributed by atoms with Crippen molar-refractivity contribution in [3.63, 3.8) is 0 Å². The highest BCUT2D eigenvalue weighted by molar-refractivity contribution is 14.1. The highest BCUT2D eigenvalue weighted by Crippen LogP contribution is 2.40. The van der Waals surface area contributed by atoms with Crippen LogP contribution in [0.4, 0.5) is 0 Å². The van der Waals surface area contributed by atoms with E-state index in [2.05, 4.69) is 22.6 Å². The number of halogens is 1. The molecule has 0 aromatic carbocycles. The average Bonchev–Trinajstić information content (AvgIpc) is 2.58.